The van der Waals surface area contributed by atoms with E-state index in [1.165, 1.54) is 0 Å². The predicted octanol–water partition coefficient (Wildman–Crippen LogP) is 3.98. The third kappa shape index (κ3) is 4.30. The Balaban J connectivity index is 1.27. The number of hydrogen-bond donors (Lipinski definition) is 1. The number of nitrogens with one attached hydrogen (secondary N) is 1. The quantitative estimate of drug-likeness (QED) is 0.479. The zero-order valence-electron chi connectivity index (χ0n) is 18.3. The number of carbonyl (C=O) groups excluding carboxylic acids is 1. The second-order valence-corrected chi connectivity index (χ2v) is 8.69. The van der Waals surface area contributed by atoms with Gasteiger partial charge in [-0.25, -0.2) is 4.98 Å². The van der Waals surface area contributed by atoms with Crippen LogP contribution in [0.2, 0.25) is 5.02 Å². The van der Waals surface area contributed by atoms with E-state index in [2.05, 4.69) is 19.9 Å². The summed E-state index contributed by atoms with van der Waals surface area (Å²) in [6.45, 7) is 4.11. The van der Waals surface area contributed by atoms with E-state index in [9.17, 15) is 9.59 Å². The van der Waals surface area contributed by atoms with Crippen LogP contribution in [0.15, 0.2) is 51.7 Å². The van der Waals surface area contributed by atoms with Crippen LogP contribution in [-0.4, -0.2) is 45.4 Å². The van der Waals surface area contributed by atoms with Crippen LogP contribution >= 0.6 is 11.6 Å². The second-order valence-electron chi connectivity index (χ2n) is 8.25. The molecule has 1 aliphatic heterocycles. The number of amides is 1. The number of rotatable bonds is 5. The first-order chi connectivity index (χ1) is 16.0. The van der Waals surface area contributed by atoms with Gasteiger partial charge in [0.05, 0.1) is 17.4 Å². The summed E-state index contributed by atoms with van der Waals surface area (Å²) in [5, 5.41) is 0.991. The molecule has 0 atom stereocenters. The molecule has 0 spiro atoms. The molecule has 8 nitrogen and oxygen atoms in total. The first-order valence-electron chi connectivity index (χ1n) is 11.1. The fourth-order valence-electron chi connectivity index (χ4n) is 4.33. The molecule has 0 aliphatic carbocycles. The summed E-state index contributed by atoms with van der Waals surface area (Å²) in [7, 11) is 0. The number of nitrogens with zero attached hydrogens (tertiary/aromatic N) is 4. The molecule has 1 saturated heterocycles. The Morgan fingerprint density at radius 3 is 2.73 bits per heavy atom. The maximum absolute atomic E-state index is 13.2. The highest BCUT2D eigenvalue weighted by Gasteiger charge is 2.30. The molecule has 0 unspecified atom stereocenters. The normalized spacial score (nSPS) is 14.8. The number of hydrogen-bond acceptors (Lipinski definition) is 6. The molecule has 0 bridgehead atoms. The number of aromatic amines is 1. The fourth-order valence-corrected chi connectivity index (χ4v) is 4.50. The van der Waals surface area contributed by atoms with Crippen molar-refractivity contribution < 1.29 is 9.21 Å². The highest BCUT2D eigenvalue weighted by Crippen LogP contribution is 2.27. The molecule has 4 aromatic rings. The van der Waals surface area contributed by atoms with Crippen LogP contribution in [0.25, 0.3) is 22.0 Å². The van der Waals surface area contributed by atoms with Crippen molar-refractivity contribution >= 4 is 45.5 Å². The lowest BCUT2D eigenvalue weighted by Crippen LogP contribution is -2.42. The average molecular weight is 466 g/mol. The van der Waals surface area contributed by atoms with Crippen LogP contribution in [-0.2, 0) is 11.3 Å². The van der Waals surface area contributed by atoms with Crippen molar-refractivity contribution in [2.75, 3.05) is 24.5 Å². The van der Waals surface area contributed by atoms with Crippen LogP contribution in [0.5, 0.6) is 0 Å². The molecule has 3 heterocycles. The Bertz CT molecular complexity index is 1340. The molecule has 5 rings (SSSR count). The Labute approximate surface area is 195 Å². The van der Waals surface area contributed by atoms with Gasteiger partial charge in [0.2, 0.25) is 5.91 Å². The van der Waals surface area contributed by atoms with Gasteiger partial charge in [0.1, 0.15) is 11.3 Å². The number of anilines is 1. The van der Waals surface area contributed by atoms with E-state index in [1.54, 1.807) is 23.1 Å². The zero-order chi connectivity index (χ0) is 22.9. The lowest BCUT2D eigenvalue weighted by atomic mass is 9.95. The van der Waals surface area contributed by atoms with Gasteiger partial charge in [0.25, 0.3) is 11.6 Å². The van der Waals surface area contributed by atoms with E-state index in [1.807, 2.05) is 31.2 Å². The van der Waals surface area contributed by atoms with Crippen molar-refractivity contribution in [3.63, 3.8) is 0 Å². The fraction of sp³-hybridized carbons (Fsp3) is 0.333. The van der Waals surface area contributed by atoms with Crippen molar-refractivity contribution in [1.82, 2.24) is 19.9 Å². The van der Waals surface area contributed by atoms with E-state index in [-0.39, 0.29) is 23.9 Å². The number of aromatic nitrogens is 3. The van der Waals surface area contributed by atoms with Gasteiger partial charge in [-0.05, 0) is 50.1 Å². The number of piperidine rings is 1. The van der Waals surface area contributed by atoms with Crippen molar-refractivity contribution in [1.29, 1.82) is 0 Å². The molecule has 2 aromatic carbocycles. The Morgan fingerprint density at radius 2 is 1.97 bits per heavy atom. The van der Waals surface area contributed by atoms with E-state index < -0.39 is 0 Å². The predicted molar refractivity (Wildman–Crippen MR) is 127 cm³/mol. The third-order valence-electron chi connectivity index (χ3n) is 6.15. The summed E-state index contributed by atoms with van der Waals surface area (Å²) in [5.41, 5.74) is 1.89. The molecule has 33 heavy (non-hydrogen) atoms. The third-order valence-corrected chi connectivity index (χ3v) is 6.38. The van der Waals surface area contributed by atoms with Gasteiger partial charge in [-0.1, -0.05) is 23.7 Å². The lowest BCUT2D eigenvalue weighted by molar-refractivity contribution is -0.136. The number of oxazole rings is 1. The molecule has 9 heteroatoms. The van der Waals surface area contributed by atoms with Crippen molar-refractivity contribution in [3.05, 3.63) is 63.7 Å². The maximum Gasteiger partial charge on any atom is 0.298 e. The lowest BCUT2D eigenvalue weighted by Gasteiger charge is -2.33. The highest BCUT2D eigenvalue weighted by atomic mass is 35.5. The minimum atomic E-state index is -0.234. The molecule has 2 aromatic heterocycles. The van der Waals surface area contributed by atoms with Crippen molar-refractivity contribution in [2.24, 2.45) is 5.92 Å². The number of benzene rings is 2. The van der Waals surface area contributed by atoms with Gasteiger partial charge < -0.3 is 19.2 Å². The van der Waals surface area contributed by atoms with Crippen LogP contribution in [0, 0.1) is 5.92 Å². The van der Waals surface area contributed by atoms with Gasteiger partial charge in [-0.3, -0.25) is 9.59 Å². The first-order valence-corrected chi connectivity index (χ1v) is 11.5. The van der Waals surface area contributed by atoms with Crippen LogP contribution < -0.4 is 10.5 Å². The number of carbonyl (C=O) groups is 1. The smallest absolute Gasteiger partial charge is 0.298 e. The molecule has 0 radical (unpaired) electrons. The average Bonchev–Trinajstić information content (AvgIpc) is 3.26. The number of halogens is 1. The Morgan fingerprint density at radius 1 is 1.18 bits per heavy atom. The number of fused-ring (bicyclic) bond motifs is 2. The summed E-state index contributed by atoms with van der Waals surface area (Å²) >= 11 is 6.06. The topological polar surface area (TPSA) is 95.3 Å². The largest absolute Gasteiger partial charge is 0.423 e. The van der Waals surface area contributed by atoms with Gasteiger partial charge in [0, 0.05) is 30.6 Å². The highest BCUT2D eigenvalue weighted by molar-refractivity contribution is 6.31. The monoisotopic (exact) mass is 465 g/mol. The molecule has 1 amide bonds. The summed E-state index contributed by atoms with van der Waals surface area (Å²) in [6, 6.07) is 13.3. The van der Waals surface area contributed by atoms with Crippen LogP contribution in [0.1, 0.15) is 25.6 Å². The Kier molecular flexibility index (Phi) is 5.76. The molecule has 1 fully saturated rings. The Hall–Kier alpha value is -3.39. The standard InChI is InChI=1S/C24H24ClN5O3/c1-2-29(14-21-26-19-13-16(25)7-8-17(19)22(31)28-21)23(32)15-9-11-30(12-10-15)24-27-18-5-3-4-6-20(18)33-24/h3-8,13,15H,2,9-12,14H2,1H3,(H,26,28,31). The van der Waals surface area contributed by atoms with E-state index in [0.717, 1.165) is 11.1 Å². The maximum atomic E-state index is 13.2. The van der Waals surface area contributed by atoms with Gasteiger partial charge in [-0.2, -0.15) is 4.98 Å². The zero-order valence-corrected chi connectivity index (χ0v) is 19.0. The SMILES string of the molecule is CCN(Cc1nc2cc(Cl)ccc2c(=O)[nH]1)C(=O)C1CCN(c2nc3ccccc3o2)CC1. The van der Waals surface area contributed by atoms with E-state index in [0.29, 0.717) is 60.2 Å². The van der Waals surface area contributed by atoms with Crippen LogP contribution in [0.4, 0.5) is 6.01 Å². The molecule has 170 valence electrons. The van der Waals surface area contributed by atoms with Gasteiger partial charge in [-0.15, -0.1) is 0 Å². The van der Waals surface area contributed by atoms with Crippen LogP contribution in [0.3, 0.4) is 0 Å². The summed E-state index contributed by atoms with van der Waals surface area (Å²) in [6.07, 6.45) is 1.43. The number of H-pyrrole nitrogens is 1. The molecule has 0 saturated carbocycles. The molecule has 1 aliphatic rings. The summed E-state index contributed by atoms with van der Waals surface area (Å²) in [5.74, 6) is 0.435. The second kappa shape index (κ2) is 8.86. The minimum absolute atomic E-state index is 0.0727. The molecular weight excluding hydrogens is 442 g/mol. The molecular formula is C24H24ClN5O3. The number of para-hydroxylation sites is 2. The van der Waals surface area contributed by atoms with E-state index >= 15 is 0 Å². The summed E-state index contributed by atoms with van der Waals surface area (Å²) in [4.78, 5) is 41.4. The van der Waals surface area contributed by atoms with Crippen molar-refractivity contribution in [3.8, 4) is 0 Å². The summed E-state index contributed by atoms with van der Waals surface area (Å²) < 4.78 is 5.87. The minimum Gasteiger partial charge on any atom is -0.423 e. The van der Waals surface area contributed by atoms with Gasteiger partial charge in [0.15, 0.2) is 5.58 Å². The van der Waals surface area contributed by atoms with Gasteiger partial charge >= 0.3 is 0 Å². The molecule has 1 N–H and O–H groups in total. The first kappa shape index (κ1) is 21.5. The van der Waals surface area contributed by atoms with E-state index in [4.69, 9.17) is 16.0 Å². The van der Waals surface area contributed by atoms with Crippen molar-refractivity contribution in [2.45, 2.75) is 26.3 Å².